The Hall–Kier alpha value is 1.34. The van der Waals surface area contributed by atoms with Gasteiger partial charge in [0.25, 0.3) is 0 Å². The summed E-state index contributed by atoms with van der Waals surface area (Å²) in [5.74, 6) is 0. The van der Waals surface area contributed by atoms with Crippen molar-refractivity contribution in [2.75, 3.05) is 0 Å². The molecule has 0 aliphatic heterocycles. The monoisotopic (exact) mass is 226 g/mol. The zero-order valence-corrected chi connectivity index (χ0v) is 7.43. The smallest absolute Gasteiger partial charge is 0.356 e. The molecule has 0 aliphatic rings. The molecule has 25 valence electrons. The van der Waals surface area contributed by atoms with Gasteiger partial charge in [0, 0.05) is 0 Å². The van der Waals surface area contributed by atoms with E-state index < -0.39 is 5.09 Å². The molecule has 0 aromatic rings. The third-order valence-corrected chi connectivity index (χ3v) is 0. The van der Waals surface area contributed by atoms with Crippen molar-refractivity contribution < 1.29 is 46.8 Å². The van der Waals surface area contributed by atoms with E-state index in [-0.39, 0.29) is 64.8 Å². The minimum atomic E-state index is -1.75. The van der Waals surface area contributed by atoms with Crippen LogP contribution in [0.1, 0.15) is 0 Å². The van der Waals surface area contributed by atoms with Crippen molar-refractivity contribution in [1.29, 1.82) is 0 Å². The molecular weight excluding hydrogens is 226 g/mol. The van der Waals surface area contributed by atoms with Gasteiger partial charge in [0.05, 0.1) is 5.09 Å². The van der Waals surface area contributed by atoms with E-state index in [0.717, 1.165) is 0 Å². The SMILES string of the molecule is O=[N+]([O-])[O-].[Ce+3].[Mg+2]. The van der Waals surface area contributed by atoms with E-state index in [1.807, 2.05) is 0 Å². The van der Waals surface area contributed by atoms with Crippen LogP contribution < -0.4 is 0 Å². The van der Waals surface area contributed by atoms with Crippen LogP contribution in [0.15, 0.2) is 0 Å². The van der Waals surface area contributed by atoms with Gasteiger partial charge >= 0.3 is 64.8 Å². The summed E-state index contributed by atoms with van der Waals surface area (Å²) in [7, 11) is 0. The Kier molecular flexibility index (Phi) is 25.1. The summed E-state index contributed by atoms with van der Waals surface area (Å²) in [6, 6.07) is 0. The van der Waals surface area contributed by atoms with Crippen LogP contribution in [0.3, 0.4) is 0 Å². The van der Waals surface area contributed by atoms with Gasteiger partial charge in [0.15, 0.2) is 0 Å². The molecule has 0 fully saturated rings. The van der Waals surface area contributed by atoms with Crippen LogP contribution in [0.25, 0.3) is 0 Å². The molecule has 0 atom stereocenters. The Morgan fingerprint density at radius 3 is 1.33 bits per heavy atom. The average molecular weight is 226 g/mol. The molecule has 0 aromatic heterocycles. The fourth-order valence-corrected chi connectivity index (χ4v) is 0. The molecule has 0 aromatic carbocycles. The summed E-state index contributed by atoms with van der Waals surface area (Å²) in [6.07, 6.45) is 0. The first kappa shape index (κ1) is 15.7. The van der Waals surface area contributed by atoms with E-state index in [1.54, 1.807) is 0 Å². The van der Waals surface area contributed by atoms with Crippen LogP contribution >= 0.6 is 0 Å². The van der Waals surface area contributed by atoms with Crippen LogP contribution in [0, 0.1) is 57.1 Å². The van der Waals surface area contributed by atoms with E-state index >= 15 is 0 Å². The predicted molar refractivity (Wildman–Crippen MR) is 16.1 cm³/mol. The van der Waals surface area contributed by atoms with E-state index in [0.29, 0.717) is 0 Å². The fourth-order valence-electron chi connectivity index (χ4n) is 0. The fraction of sp³-hybridized carbons (Fsp3) is 0. The standard InChI is InChI=1S/Ce.Mg.NO3/c;;2-1(3)4/q+3;+2;-1. The maximum atomic E-state index is 8.25. The normalized spacial score (nSPS) is 4.00. The molecule has 0 N–H and O–H groups in total. The van der Waals surface area contributed by atoms with E-state index in [2.05, 4.69) is 0 Å². The molecule has 6 heteroatoms. The third-order valence-electron chi connectivity index (χ3n) is 0. The van der Waals surface area contributed by atoms with Gasteiger partial charge in [-0.15, -0.1) is 0 Å². The second kappa shape index (κ2) is 9.60. The van der Waals surface area contributed by atoms with Gasteiger partial charge in [-0.2, -0.15) is 0 Å². The van der Waals surface area contributed by atoms with Gasteiger partial charge in [0.1, 0.15) is 0 Å². The first-order valence-electron chi connectivity index (χ1n) is 0.548. The summed E-state index contributed by atoms with van der Waals surface area (Å²) >= 11 is 0. The van der Waals surface area contributed by atoms with E-state index in [4.69, 9.17) is 15.3 Å². The molecule has 0 saturated carbocycles. The van der Waals surface area contributed by atoms with E-state index in [9.17, 15) is 0 Å². The zero-order chi connectivity index (χ0) is 3.58. The molecule has 1 radical (unpaired) electrons. The molecular formula is CeMgNO3+4. The molecule has 0 amide bonds. The van der Waals surface area contributed by atoms with Crippen molar-refractivity contribution in [1.82, 2.24) is 0 Å². The van der Waals surface area contributed by atoms with Gasteiger partial charge in [-0.1, -0.05) is 0 Å². The van der Waals surface area contributed by atoms with Crippen molar-refractivity contribution in [3.05, 3.63) is 15.3 Å². The minimum absolute atomic E-state index is 0. The molecule has 6 heavy (non-hydrogen) atoms. The first-order chi connectivity index (χ1) is 1.73. The van der Waals surface area contributed by atoms with Crippen molar-refractivity contribution in [3.8, 4) is 0 Å². The Morgan fingerprint density at radius 1 is 1.33 bits per heavy atom. The van der Waals surface area contributed by atoms with Gasteiger partial charge in [0.2, 0.25) is 0 Å². The molecule has 0 rings (SSSR count). The molecule has 0 aliphatic carbocycles. The van der Waals surface area contributed by atoms with Crippen LogP contribution in [-0.2, 0) is 0 Å². The Labute approximate surface area is 83.9 Å². The molecule has 0 spiro atoms. The average Bonchev–Trinajstić information content (AvgIpc) is 0.811. The quantitative estimate of drug-likeness (QED) is 0.314. The number of hydrogen-bond donors (Lipinski definition) is 0. The summed E-state index contributed by atoms with van der Waals surface area (Å²) in [5.41, 5.74) is 0. The summed E-state index contributed by atoms with van der Waals surface area (Å²) in [4.78, 5) is 8.25. The van der Waals surface area contributed by atoms with Crippen molar-refractivity contribution in [2.45, 2.75) is 0 Å². The van der Waals surface area contributed by atoms with E-state index in [1.165, 1.54) is 0 Å². The molecule has 0 saturated heterocycles. The van der Waals surface area contributed by atoms with Crippen molar-refractivity contribution in [3.63, 3.8) is 0 Å². The van der Waals surface area contributed by atoms with Crippen molar-refractivity contribution >= 4 is 23.1 Å². The minimum Gasteiger partial charge on any atom is -0.356 e. The molecule has 0 heterocycles. The second-order valence-electron chi connectivity index (χ2n) is 0.224. The number of nitrogens with zero attached hydrogens (tertiary/aromatic N) is 1. The van der Waals surface area contributed by atoms with Crippen molar-refractivity contribution in [2.24, 2.45) is 0 Å². The van der Waals surface area contributed by atoms with Gasteiger partial charge < -0.3 is 15.3 Å². The Balaban J connectivity index is -0.0000000450. The largest absolute Gasteiger partial charge is 3.00 e. The number of rotatable bonds is 0. The summed E-state index contributed by atoms with van der Waals surface area (Å²) in [5, 5.41) is 14.8. The van der Waals surface area contributed by atoms with Crippen LogP contribution in [0.5, 0.6) is 0 Å². The maximum Gasteiger partial charge on any atom is 3.00 e. The maximum absolute atomic E-state index is 8.25. The molecule has 4 nitrogen and oxygen atoms in total. The summed E-state index contributed by atoms with van der Waals surface area (Å²) in [6.45, 7) is 0. The second-order valence-corrected chi connectivity index (χ2v) is 0.224. The van der Waals surface area contributed by atoms with Crippen LogP contribution in [-0.4, -0.2) is 28.1 Å². The summed E-state index contributed by atoms with van der Waals surface area (Å²) < 4.78 is 0. The van der Waals surface area contributed by atoms with Gasteiger partial charge in [-0.05, 0) is 0 Å². The third kappa shape index (κ3) is 55.9. The molecule has 0 bridgehead atoms. The Morgan fingerprint density at radius 2 is 1.33 bits per heavy atom. The van der Waals surface area contributed by atoms with Gasteiger partial charge in [-0.3, -0.25) is 0 Å². The number of hydrogen-bond acceptors (Lipinski definition) is 3. The van der Waals surface area contributed by atoms with Gasteiger partial charge in [-0.25, -0.2) is 0 Å². The predicted octanol–water partition coefficient (Wildman–Crippen LogP) is -0.620. The Bertz CT molecular complexity index is 33.8. The zero-order valence-electron chi connectivity index (χ0n) is 2.88. The van der Waals surface area contributed by atoms with Crippen LogP contribution in [0.4, 0.5) is 0 Å². The first-order valence-corrected chi connectivity index (χ1v) is 0.548. The topological polar surface area (TPSA) is 66.2 Å². The molecule has 0 unspecified atom stereocenters. The van der Waals surface area contributed by atoms with Crippen LogP contribution in [0.2, 0.25) is 0 Å².